The van der Waals surface area contributed by atoms with Crippen LogP contribution in [-0.4, -0.2) is 40.5 Å². The lowest BCUT2D eigenvalue weighted by molar-refractivity contribution is -0.825. The minimum atomic E-state index is -0.728. The maximum Gasteiger partial charge on any atom is 0.338 e. The number of hydrogen-bond acceptors (Lipinski definition) is 7. The number of fused-ring (bicyclic) bond motifs is 1. The first-order chi connectivity index (χ1) is 17.9. The van der Waals surface area contributed by atoms with Gasteiger partial charge in [0.15, 0.2) is 17.3 Å². The van der Waals surface area contributed by atoms with E-state index >= 15 is 0 Å². The average molecular weight is 510 g/mol. The lowest BCUT2D eigenvalue weighted by Crippen LogP contribution is -2.96. The topological polar surface area (TPSA) is 114 Å². The Hall–Kier alpha value is -4.12. The van der Waals surface area contributed by atoms with Gasteiger partial charge in [-0.3, -0.25) is 4.79 Å². The standard InChI is InChI=1S/C26H29FN6O4/c1-4-15-9-19(15)16-5-8-23-29-17(12-32(23)11-16)13-33-14-21(30-31-33)25(34)28-10-20-18(26(35)37-3)6-7-22(36-2)24(20)27/h5-8,11-12,14-15,19,30-31H,4,9-10,13H2,1-3H3,(H,28,34)/p+1. The van der Waals surface area contributed by atoms with Crippen molar-refractivity contribution in [2.45, 2.75) is 38.8 Å². The number of nitrogens with zero attached hydrogens (tertiary/aromatic N) is 3. The molecule has 10 nitrogen and oxygen atoms in total. The SMILES string of the molecule is CCC1CC1c1ccc2nc(CN3C=C(C(=O)NCc4c(C(=O)OC)ccc(OC)c4F)N[NH2+]3)cn2c1. The average Bonchev–Trinajstić information content (AvgIpc) is 3.36. The summed E-state index contributed by atoms with van der Waals surface area (Å²) in [6.45, 7) is 2.48. The molecule has 11 heteroatoms. The number of esters is 1. The van der Waals surface area contributed by atoms with Crippen molar-refractivity contribution in [1.29, 1.82) is 0 Å². The molecule has 0 bridgehead atoms. The molecule has 0 spiro atoms. The molecule has 2 aliphatic rings. The Morgan fingerprint density at radius 3 is 2.81 bits per heavy atom. The van der Waals surface area contributed by atoms with Gasteiger partial charge in [-0.1, -0.05) is 19.4 Å². The van der Waals surface area contributed by atoms with E-state index < -0.39 is 17.7 Å². The van der Waals surface area contributed by atoms with Crippen LogP contribution in [-0.2, 0) is 22.6 Å². The number of ether oxygens (including phenoxy) is 2. The van der Waals surface area contributed by atoms with Gasteiger partial charge in [0.25, 0.3) is 5.91 Å². The summed E-state index contributed by atoms with van der Waals surface area (Å²) in [6, 6.07) is 6.96. The second kappa shape index (κ2) is 10.1. The molecule has 5 rings (SSSR count). The number of pyridine rings is 1. The van der Waals surface area contributed by atoms with E-state index in [2.05, 4.69) is 39.3 Å². The third-order valence-corrected chi connectivity index (χ3v) is 6.93. The summed E-state index contributed by atoms with van der Waals surface area (Å²) < 4.78 is 26.6. The summed E-state index contributed by atoms with van der Waals surface area (Å²) in [5.74, 6) is -0.482. The maximum absolute atomic E-state index is 14.8. The van der Waals surface area contributed by atoms with Crippen molar-refractivity contribution in [3.8, 4) is 5.75 Å². The largest absolute Gasteiger partial charge is 0.494 e. The Kier molecular flexibility index (Phi) is 6.70. The first-order valence-electron chi connectivity index (χ1n) is 12.2. The zero-order chi connectivity index (χ0) is 26.1. The van der Waals surface area contributed by atoms with Crippen LogP contribution in [0.1, 0.15) is 52.9 Å². The predicted octanol–water partition coefficient (Wildman–Crippen LogP) is 1.74. The molecular weight excluding hydrogens is 479 g/mol. The molecule has 2 unspecified atom stereocenters. The summed E-state index contributed by atoms with van der Waals surface area (Å²) >= 11 is 0. The Morgan fingerprint density at radius 1 is 1.24 bits per heavy atom. The van der Waals surface area contributed by atoms with Crippen LogP contribution in [0.15, 0.2) is 48.6 Å². The first-order valence-corrected chi connectivity index (χ1v) is 12.2. The number of nitrogens with one attached hydrogen (secondary N) is 2. The highest BCUT2D eigenvalue weighted by Crippen LogP contribution is 2.49. The molecular formula is C26H30FN6O4+. The molecule has 3 heterocycles. The van der Waals surface area contributed by atoms with Crippen LogP contribution < -0.4 is 21.0 Å². The van der Waals surface area contributed by atoms with Gasteiger partial charge in [-0.25, -0.2) is 24.6 Å². The Labute approximate surface area is 213 Å². The molecule has 1 amide bonds. The van der Waals surface area contributed by atoms with E-state index in [1.165, 1.54) is 44.8 Å². The van der Waals surface area contributed by atoms with Gasteiger partial charge in [0.1, 0.15) is 12.2 Å². The number of amides is 1. The quantitative estimate of drug-likeness (QED) is 0.297. The van der Waals surface area contributed by atoms with Gasteiger partial charge in [0.05, 0.1) is 31.7 Å². The summed E-state index contributed by atoms with van der Waals surface area (Å²) in [4.78, 5) is 29.5. The van der Waals surface area contributed by atoms with Gasteiger partial charge in [-0.15, -0.1) is 5.53 Å². The number of quaternary nitrogens is 1. The molecule has 1 fully saturated rings. The van der Waals surface area contributed by atoms with Crippen LogP contribution in [0.3, 0.4) is 0 Å². The molecule has 37 heavy (non-hydrogen) atoms. The van der Waals surface area contributed by atoms with E-state index in [0.29, 0.717) is 12.5 Å². The lowest BCUT2D eigenvalue weighted by Gasteiger charge is -2.13. The van der Waals surface area contributed by atoms with Gasteiger partial charge in [-0.2, -0.15) is 0 Å². The number of nitrogens with two attached hydrogens (primary N) is 1. The van der Waals surface area contributed by atoms with E-state index in [0.717, 1.165) is 17.3 Å². The van der Waals surface area contributed by atoms with Crippen LogP contribution in [0.25, 0.3) is 5.65 Å². The predicted molar refractivity (Wildman–Crippen MR) is 131 cm³/mol. The molecule has 1 aromatic carbocycles. The minimum Gasteiger partial charge on any atom is -0.494 e. The summed E-state index contributed by atoms with van der Waals surface area (Å²) in [6.07, 6.45) is 8.28. The zero-order valence-corrected chi connectivity index (χ0v) is 21.0. The fourth-order valence-electron chi connectivity index (χ4n) is 4.75. The molecule has 3 aromatic rings. The number of hydrogen-bond donors (Lipinski definition) is 3. The minimum absolute atomic E-state index is 0.0143. The molecule has 1 aliphatic carbocycles. The van der Waals surface area contributed by atoms with E-state index in [1.807, 2.05) is 17.3 Å². The van der Waals surface area contributed by atoms with Crippen molar-refractivity contribution >= 4 is 17.5 Å². The molecule has 2 aromatic heterocycles. The normalized spacial score (nSPS) is 18.4. The maximum atomic E-state index is 14.8. The Balaban J connectivity index is 1.24. The van der Waals surface area contributed by atoms with Crippen molar-refractivity contribution in [2.75, 3.05) is 14.2 Å². The van der Waals surface area contributed by atoms with Crippen molar-refractivity contribution in [2.24, 2.45) is 5.92 Å². The van der Waals surface area contributed by atoms with Gasteiger partial charge < -0.3 is 19.2 Å². The number of halogens is 1. The fourth-order valence-corrected chi connectivity index (χ4v) is 4.75. The number of methoxy groups -OCH3 is 2. The van der Waals surface area contributed by atoms with E-state index in [9.17, 15) is 14.0 Å². The fraction of sp³-hybridized carbons (Fsp3) is 0.346. The number of aromatic nitrogens is 2. The van der Waals surface area contributed by atoms with Crippen molar-refractivity contribution in [1.82, 2.24) is 25.1 Å². The van der Waals surface area contributed by atoms with Crippen LogP contribution in [0.2, 0.25) is 0 Å². The van der Waals surface area contributed by atoms with Crippen LogP contribution >= 0.6 is 0 Å². The summed E-state index contributed by atoms with van der Waals surface area (Å²) in [7, 11) is 2.54. The molecule has 0 saturated heterocycles. The smallest absolute Gasteiger partial charge is 0.338 e. The number of benzene rings is 1. The van der Waals surface area contributed by atoms with Crippen LogP contribution in [0.5, 0.6) is 5.75 Å². The number of imidazole rings is 1. The van der Waals surface area contributed by atoms with E-state index in [4.69, 9.17) is 9.47 Å². The monoisotopic (exact) mass is 509 g/mol. The molecule has 0 radical (unpaired) electrons. The van der Waals surface area contributed by atoms with Crippen LogP contribution in [0.4, 0.5) is 4.39 Å². The first kappa shape index (κ1) is 24.6. The molecule has 1 saturated carbocycles. The second-order valence-corrected chi connectivity index (χ2v) is 9.24. The Bertz CT molecular complexity index is 1390. The number of carbonyl (C=O) groups is 2. The second-order valence-electron chi connectivity index (χ2n) is 9.24. The van der Waals surface area contributed by atoms with Gasteiger partial charge in [-0.05, 0) is 42.0 Å². The third kappa shape index (κ3) is 4.94. The molecule has 1 aliphatic heterocycles. The van der Waals surface area contributed by atoms with Crippen molar-refractivity contribution < 1.29 is 29.0 Å². The number of carbonyl (C=O) groups excluding carboxylic acids is 2. The summed E-state index contributed by atoms with van der Waals surface area (Å²) in [5, 5.41) is 4.47. The third-order valence-electron chi connectivity index (χ3n) is 6.93. The van der Waals surface area contributed by atoms with E-state index in [-0.39, 0.29) is 29.1 Å². The highest BCUT2D eigenvalue weighted by Gasteiger charge is 2.36. The molecule has 4 N–H and O–H groups in total. The number of rotatable bonds is 9. The highest BCUT2D eigenvalue weighted by atomic mass is 19.1. The summed E-state index contributed by atoms with van der Waals surface area (Å²) in [5.41, 5.74) is 7.98. The molecule has 2 atom stereocenters. The van der Waals surface area contributed by atoms with Gasteiger partial charge >= 0.3 is 5.97 Å². The lowest BCUT2D eigenvalue weighted by atomic mass is 10.1. The zero-order valence-electron chi connectivity index (χ0n) is 21.0. The van der Waals surface area contributed by atoms with Gasteiger partial charge in [0.2, 0.25) is 0 Å². The van der Waals surface area contributed by atoms with Crippen LogP contribution in [0, 0.1) is 11.7 Å². The van der Waals surface area contributed by atoms with Crippen molar-refractivity contribution in [3.05, 3.63) is 76.8 Å². The molecule has 194 valence electrons. The van der Waals surface area contributed by atoms with Crippen molar-refractivity contribution in [3.63, 3.8) is 0 Å². The highest BCUT2D eigenvalue weighted by molar-refractivity contribution is 5.94. The van der Waals surface area contributed by atoms with E-state index in [1.54, 1.807) is 11.7 Å². The Morgan fingerprint density at radius 2 is 2.08 bits per heavy atom. The van der Waals surface area contributed by atoms with Gasteiger partial charge in [0, 0.05) is 24.5 Å².